The van der Waals surface area contributed by atoms with Crippen molar-refractivity contribution < 1.29 is 4.79 Å². The second kappa shape index (κ2) is 5.61. The smallest absolute Gasteiger partial charge is 0.167 e. The van der Waals surface area contributed by atoms with E-state index in [9.17, 15) is 10.1 Å². The van der Waals surface area contributed by atoms with Crippen LogP contribution in [-0.2, 0) is 0 Å². The molecule has 2 atom stereocenters. The lowest BCUT2D eigenvalue weighted by Crippen LogP contribution is -2.51. The van der Waals surface area contributed by atoms with Crippen molar-refractivity contribution in [1.29, 1.82) is 5.26 Å². The zero-order chi connectivity index (χ0) is 15.0. The number of benzene rings is 1. The molecule has 1 aromatic rings. The molecule has 0 radical (unpaired) electrons. The molecule has 2 saturated heterocycles. The van der Waals surface area contributed by atoms with Crippen LogP contribution >= 0.6 is 0 Å². The molecule has 2 unspecified atom stereocenters. The van der Waals surface area contributed by atoms with Gasteiger partial charge in [0.25, 0.3) is 0 Å². The van der Waals surface area contributed by atoms with Crippen molar-refractivity contribution in [3.63, 3.8) is 0 Å². The Bertz CT molecular complexity index is 588. The maximum Gasteiger partial charge on any atom is 0.167 e. The van der Waals surface area contributed by atoms with Gasteiger partial charge in [-0.25, -0.2) is 0 Å². The number of nitrogens with zero attached hydrogens (tertiary/aromatic N) is 2. The van der Waals surface area contributed by atoms with Crippen LogP contribution in [0.4, 0.5) is 0 Å². The molecule has 0 N–H and O–H groups in total. The van der Waals surface area contributed by atoms with E-state index in [4.69, 9.17) is 0 Å². The van der Waals surface area contributed by atoms with Gasteiger partial charge in [-0.1, -0.05) is 18.6 Å². The number of hydrogen-bond acceptors (Lipinski definition) is 3. The largest absolute Gasteiger partial charge is 0.300 e. The minimum absolute atomic E-state index is 0.0877. The van der Waals surface area contributed by atoms with E-state index in [1.165, 1.54) is 19.3 Å². The summed E-state index contributed by atoms with van der Waals surface area (Å²) in [6.07, 6.45) is 5.59. The third kappa shape index (κ3) is 2.49. The van der Waals surface area contributed by atoms with E-state index >= 15 is 0 Å². The lowest BCUT2D eigenvalue weighted by molar-refractivity contribution is 0.0338. The number of hydrogen-bond donors (Lipinski definition) is 0. The molecule has 2 heterocycles. The van der Waals surface area contributed by atoms with Crippen molar-refractivity contribution in [1.82, 2.24) is 4.90 Å². The van der Waals surface area contributed by atoms with Gasteiger partial charge in [0.2, 0.25) is 0 Å². The van der Waals surface area contributed by atoms with Crippen LogP contribution in [0.3, 0.4) is 0 Å². The fraction of sp³-hybridized carbons (Fsp3) is 0.556. The summed E-state index contributed by atoms with van der Waals surface area (Å²) in [5, 5.41) is 9.28. The molecular formula is C18H22N2O. The van der Waals surface area contributed by atoms with E-state index in [1.807, 2.05) is 19.1 Å². The summed E-state index contributed by atoms with van der Waals surface area (Å²) in [7, 11) is 2.20. The second-order valence-corrected chi connectivity index (χ2v) is 6.55. The number of rotatable bonds is 2. The molecule has 21 heavy (non-hydrogen) atoms. The minimum Gasteiger partial charge on any atom is -0.300 e. The SMILES string of the molecule is Cc1cccc(C#N)c1C(=O)C1CC2CCCC(C1)N2C. The third-order valence-corrected chi connectivity index (χ3v) is 5.35. The third-order valence-electron chi connectivity index (χ3n) is 5.35. The molecular weight excluding hydrogens is 260 g/mol. The summed E-state index contributed by atoms with van der Waals surface area (Å²) in [4.78, 5) is 15.4. The quantitative estimate of drug-likeness (QED) is 0.782. The maximum absolute atomic E-state index is 13.0. The van der Waals surface area contributed by atoms with E-state index < -0.39 is 0 Å². The van der Waals surface area contributed by atoms with Gasteiger partial charge in [0.15, 0.2) is 5.78 Å². The van der Waals surface area contributed by atoms with Gasteiger partial charge in [0.1, 0.15) is 0 Å². The molecule has 0 aromatic heterocycles. The molecule has 2 fully saturated rings. The summed E-state index contributed by atoms with van der Waals surface area (Å²) in [6.45, 7) is 1.93. The molecule has 0 spiro atoms. The fourth-order valence-electron chi connectivity index (χ4n) is 4.12. The Kier molecular flexibility index (Phi) is 3.82. The normalized spacial score (nSPS) is 28.9. The summed E-state index contributed by atoms with van der Waals surface area (Å²) in [6, 6.07) is 8.82. The number of nitriles is 1. The average molecular weight is 282 g/mol. The van der Waals surface area contributed by atoms with Gasteiger partial charge in [0.05, 0.1) is 11.6 Å². The Morgan fingerprint density at radius 2 is 1.95 bits per heavy atom. The van der Waals surface area contributed by atoms with Crippen LogP contribution in [0.2, 0.25) is 0 Å². The molecule has 1 aromatic carbocycles. The number of Topliss-reactive ketones (excluding diaryl/α,β-unsaturated/α-hetero) is 1. The Labute approximate surface area is 126 Å². The topological polar surface area (TPSA) is 44.1 Å². The number of carbonyl (C=O) groups excluding carboxylic acids is 1. The van der Waals surface area contributed by atoms with E-state index in [1.54, 1.807) is 6.07 Å². The summed E-state index contributed by atoms with van der Waals surface area (Å²) >= 11 is 0. The van der Waals surface area contributed by atoms with Crippen LogP contribution in [0.15, 0.2) is 18.2 Å². The van der Waals surface area contributed by atoms with Gasteiger partial charge >= 0.3 is 0 Å². The summed E-state index contributed by atoms with van der Waals surface area (Å²) in [5.41, 5.74) is 2.12. The highest BCUT2D eigenvalue weighted by Gasteiger charge is 2.39. The number of carbonyl (C=O) groups is 1. The molecule has 3 heteroatoms. The van der Waals surface area contributed by atoms with Crippen LogP contribution in [0.25, 0.3) is 0 Å². The highest BCUT2D eigenvalue weighted by Crippen LogP contribution is 2.37. The first kappa shape index (κ1) is 14.3. The maximum atomic E-state index is 13.0. The zero-order valence-corrected chi connectivity index (χ0v) is 12.8. The van der Waals surface area contributed by atoms with Crippen molar-refractivity contribution in [2.45, 2.75) is 51.1 Å². The molecule has 2 aliphatic heterocycles. The fourth-order valence-corrected chi connectivity index (χ4v) is 4.12. The lowest BCUT2D eigenvalue weighted by Gasteiger charge is -2.46. The molecule has 0 saturated carbocycles. The Hall–Kier alpha value is -1.66. The van der Waals surface area contributed by atoms with Gasteiger partial charge in [-0.05, 0) is 51.3 Å². The van der Waals surface area contributed by atoms with Crippen LogP contribution in [0.5, 0.6) is 0 Å². The van der Waals surface area contributed by atoms with Gasteiger partial charge in [-0.3, -0.25) is 4.79 Å². The van der Waals surface area contributed by atoms with Crippen LogP contribution < -0.4 is 0 Å². The zero-order valence-electron chi connectivity index (χ0n) is 12.8. The average Bonchev–Trinajstić information content (AvgIpc) is 2.46. The highest BCUT2D eigenvalue weighted by atomic mass is 16.1. The predicted octanol–water partition coefficient (Wildman–Crippen LogP) is 3.31. The van der Waals surface area contributed by atoms with Crippen molar-refractivity contribution in [3.8, 4) is 6.07 Å². The predicted molar refractivity (Wildman–Crippen MR) is 82.1 cm³/mol. The number of fused-ring (bicyclic) bond motifs is 2. The standard InChI is InChI=1S/C18H22N2O/c1-12-5-3-6-13(11-19)17(12)18(21)14-9-15-7-4-8-16(10-14)20(15)2/h3,5-6,14-16H,4,7-10H2,1-2H3. The van der Waals surface area contributed by atoms with Crippen LogP contribution in [0, 0.1) is 24.2 Å². The summed E-state index contributed by atoms with van der Waals surface area (Å²) < 4.78 is 0. The molecule has 110 valence electrons. The first-order chi connectivity index (χ1) is 10.1. The monoisotopic (exact) mass is 282 g/mol. The van der Waals surface area contributed by atoms with Gasteiger partial charge in [-0.15, -0.1) is 0 Å². The van der Waals surface area contributed by atoms with Crippen LogP contribution in [-0.4, -0.2) is 29.8 Å². The molecule has 3 rings (SSSR count). The van der Waals surface area contributed by atoms with Crippen molar-refractivity contribution in [3.05, 3.63) is 34.9 Å². The van der Waals surface area contributed by atoms with Gasteiger partial charge < -0.3 is 4.90 Å². The van der Waals surface area contributed by atoms with E-state index in [0.717, 1.165) is 18.4 Å². The Morgan fingerprint density at radius 1 is 1.29 bits per heavy atom. The highest BCUT2D eigenvalue weighted by molar-refractivity contribution is 6.01. The number of piperidine rings is 2. The van der Waals surface area contributed by atoms with E-state index in [0.29, 0.717) is 23.2 Å². The number of aryl methyl sites for hydroxylation is 1. The molecule has 0 aliphatic carbocycles. The van der Waals surface area contributed by atoms with Crippen molar-refractivity contribution >= 4 is 5.78 Å². The van der Waals surface area contributed by atoms with Crippen molar-refractivity contribution in [2.24, 2.45) is 5.92 Å². The Morgan fingerprint density at radius 3 is 2.57 bits per heavy atom. The first-order valence-corrected chi connectivity index (χ1v) is 7.87. The second-order valence-electron chi connectivity index (χ2n) is 6.55. The summed E-state index contributed by atoms with van der Waals surface area (Å²) in [5.74, 6) is 0.277. The lowest BCUT2D eigenvalue weighted by atomic mass is 9.75. The van der Waals surface area contributed by atoms with Gasteiger partial charge in [-0.2, -0.15) is 5.26 Å². The molecule has 3 nitrogen and oxygen atoms in total. The van der Waals surface area contributed by atoms with Crippen molar-refractivity contribution in [2.75, 3.05) is 7.05 Å². The minimum atomic E-state index is 0.0877. The van der Waals surface area contributed by atoms with E-state index in [2.05, 4.69) is 18.0 Å². The first-order valence-electron chi connectivity index (χ1n) is 7.87. The molecule has 0 amide bonds. The number of ketones is 1. The van der Waals surface area contributed by atoms with Crippen LogP contribution in [0.1, 0.15) is 53.6 Å². The van der Waals surface area contributed by atoms with E-state index in [-0.39, 0.29) is 11.7 Å². The Balaban J connectivity index is 1.89. The van der Waals surface area contributed by atoms with Gasteiger partial charge in [0, 0.05) is 23.6 Å². The molecule has 2 aliphatic rings. The molecule has 2 bridgehead atoms.